The molecule has 2 aromatic rings. The molecule has 7 heteroatoms. The van der Waals surface area contributed by atoms with Gasteiger partial charge in [-0.1, -0.05) is 18.2 Å². The topological polar surface area (TPSA) is 75.2 Å². The second-order valence-electron chi connectivity index (χ2n) is 5.58. The van der Waals surface area contributed by atoms with E-state index in [0.29, 0.717) is 5.56 Å². The van der Waals surface area contributed by atoms with Gasteiger partial charge in [-0.3, -0.25) is 19.5 Å². The van der Waals surface area contributed by atoms with Crippen LogP contribution in [0.1, 0.15) is 18.4 Å². The lowest BCUT2D eigenvalue weighted by Gasteiger charge is -2.23. The first-order valence-electron chi connectivity index (χ1n) is 7.37. The number of carbonyl (C=O) groups excluding carboxylic acids is 1. The first-order chi connectivity index (χ1) is 11.0. The molecule has 1 amide bonds. The van der Waals surface area contributed by atoms with E-state index in [-0.39, 0.29) is 30.9 Å². The van der Waals surface area contributed by atoms with Crippen LogP contribution in [0.3, 0.4) is 0 Å². The Labute approximate surface area is 131 Å². The van der Waals surface area contributed by atoms with Crippen molar-refractivity contribution in [2.45, 2.75) is 32.0 Å². The molecule has 3 rings (SSSR count). The monoisotopic (exact) mass is 317 g/mol. The molecule has 120 valence electrons. The fraction of sp³-hybridized carbons (Fsp3) is 0.312. The third kappa shape index (κ3) is 3.56. The highest BCUT2D eigenvalue weighted by Crippen LogP contribution is 2.29. The van der Waals surface area contributed by atoms with E-state index in [1.165, 1.54) is 6.07 Å². The summed E-state index contributed by atoms with van der Waals surface area (Å²) in [6, 6.07) is 8.58. The van der Waals surface area contributed by atoms with Crippen molar-refractivity contribution in [2.75, 3.05) is 0 Å². The van der Waals surface area contributed by atoms with E-state index in [0.717, 1.165) is 29.7 Å². The Morgan fingerprint density at radius 1 is 1.22 bits per heavy atom. The van der Waals surface area contributed by atoms with Crippen LogP contribution >= 0.6 is 0 Å². The van der Waals surface area contributed by atoms with Crippen molar-refractivity contribution in [1.82, 2.24) is 14.7 Å². The van der Waals surface area contributed by atoms with E-state index < -0.39 is 11.1 Å². The van der Waals surface area contributed by atoms with E-state index in [9.17, 15) is 18.8 Å². The van der Waals surface area contributed by atoms with Crippen molar-refractivity contribution in [1.29, 1.82) is 0 Å². The third-order valence-corrected chi connectivity index (χ3v) is 3.79. The molecule has 0 unspecified atom stereocenters. The molecule has 0 saturated heterocycles. The Morgan fingerprint density at radius 2 is 1.96 bits per heavy atom. The zero-order valence-corrected chi connectivity index (χ0v) is 12.4. The van der Waals surface area contributed by atoms with Crippen molar-refractivity contribution >= 4 is 5.91 Å². The normalized spacial score (nSPS) is 13.8. The number of halogens is 1. The van der Waals surface area contributed by atoms with Crippen molar-refractivity contribution in [3.63, 3.8) is 0 Å². The summed E-state index contributed by atoms with van der Waals surface area (Å²) in [5.41, 5.74) is -0.481. The van der Waals surface area contributed by atoms with Gasteiger partial charge < -0.3 is 4.90 Å². The van der Waals surface area contributed by atoms with Crippen LogP contribution in [-0.2, 0) is 17.9 Å². The Kier molecular flexibility index (Phi) is 4.10. The molecule has 1 aliphatic carbocycles. The Hall–Kier alpha value is -2.70. The molecule has 23 heavy (non-hydrogen) atoms. The summed E-state index contributed by atoms with van der Waals surface area (Å²) in [5.74, 6) is -0.684. The molecule has 1 fully saturated rings. The van der Waals surface area contributed by atoms with Gasteiger partial charge in [-0.25, -0.2) is 9.07 Å². The Morgan fingerprint density at radius 3 is 2.65 bits per heavy atom. The molecule has 0 aliphatic heterocycles. The van der Waals surface area contributed by atoms with Gasteiger partial charge in [0.15, 0.2) is 0 Å². The van der Waals surface area contributed by atoms with Crippen LogP contribution in [0.25, 0.3) is 0 Å². The van der Waals surface area contributed by atoms with E-state index in [2.05, 4.69) is 5.10 Å². The summed E-state index contributed by atoms with van der Waals surface area (Å²) in [6.45, 7) is -0.109. The van der Waals surface area contributed by atoms with Gasteiger partial charge in [0, 0.05) is 30.3 Å². The van der Waals surface area contributed by atoms with Gasteiger partial charge >= 0.3 is 0 Å². The van der Waals surface area contributed by atoms with Crippen molar-refractivity contribution in [2.24, 2.45) is 0 Å². The van der Waals surface area contributed by atoms with E-state index in [1.807, 2.05) is 0 Å². The average molecular weight is 317 g/mol. The lowest BCUT2D eigenvalue weighted by atomic mass is 10.2. The second kappa shape index (κ2) is 6.20. The molecule has 1 aliphatic rings. The van der Waals surface area contributed by atoms with Crippen LogP contribution < -0.4 is 11.1 Å². The van der Waals surface area contributed by atoms with Crippen LogP contribution in [-0.4, -0.2) is 26.6 Å². The highest BCUT2D eigenvalue weighted by Gasteiger charge is 2.33. The number of hydrogen-bond acceptors (Lipinski definition) is 3. The minimum absolute atomic E-state index is 0.0632. The van der Waals surface area contributed by atoms with Gasteiger partial charge in [-0.05, 0) is 18.9 Å². The molecule has 1 N–H and O–H groups in total. The lowest BCUT2D eigenvalue weighted by Crippen LogP contribution is -2.39. The van der Waals surface area contributed by atoms with Crippen molar-refractivity contribution < 1.29 is 9.18 Å². The molecule has 0 spiro atoms. The molecular formula is C16H16FN3O3. The number of amides is 1. The van der Waals surface area contributed by atoms with Gasteiger partial charge in [0.25, 0.3) is 11.1 Å². The fourth-order valence-electron chi connectivity index (χ4n) is 2.42. The SMILES string of the molecule is O=C(Cn1[nH]c(=O)ccc1=O)N(Cc1ccccc1F)C1CC1. The summed E-state index contributed by atoms with van der Waals surface area (Å²) >= 11 is 0. The largest absolute Gasteiger partial charge is 0.334 e. The minimum Gasteiger partial charge on any atom is -0.334 e. The fourth-order valence-corrected chi connectivity index (χ4v) is 2.42. The molecule has 1 saturated carbocycles. The summed E-state index contributed by atoms with van der Waals surface area (Å²) in [5, 5.41) is 2.32. The maximum atomic E-state index is 13.8. The molecule has 1 aromatic heterocycles. The minimum atomic E-state index is -0.459. The quantitative estimate of drug-likeness (QED) is 0.889. The van der Waals surface area contributed by atoms with Gasteiger partial charge in [0.1, 0.15) is 12.4 Å². The summed E-state index contributed by atoms with van der Waals surface area (Å²) in [4.78, 5) is 37.0. The number of benzene rings is 1. The number of rotatable bonds is 5. The number of carbonyl (C=O) groups is 1. The van der Waals surface area contributed by atoms with E-state index >= 15 is 0 Å². The molecule has 0 radical (unpaired) electrons. The van der Waals surface area contributed by atoms with Crippen LogP contribution in [0, 0.1) is 5.82 Å². The molecular weight excluding hydrogens is 301 g/mol. The molecule has 6 nitrogen and oxygen atoms in total. The van der Waals surface area contributed by atoms with Crippen LogP contribution in [0.2, 0.25) is 0 Å². The van der Waals surface area contributed by atoms with Gasteiger partial charge in [-0.2, -0.15) is 0 Å². The first kappa shape index (κ1) is 15.2. The molecule has 0 bridgehead atoms. The summed E-state index contributed by atoms with van der Waals surface area (Å²) in [6.07, 6.45) is 1.72. The third-order valence-electron chi connectivity index (χ3n) is 3.79. The smallest absolute Gasteiger partial charge is 0.265 e. The zero-order chi connectivity index (χ0) is 16.4. The number of nitrogens with one attached hydrogen (secondary N) is 1. The Balaban J connectivity index is 1.80. The molecule has 1 aromatic carbocycles. The summed E-state index contributed by atoms with van der Waals surface area (Å²) in [7, 11) is 0. The van der Waals surface area contributed by atoms with E-state index in [1.54, 1.807) is 23.1 Å². The maximum absolute atomic E-state index is 13.8. The molecule has 1 heterocycles. The summed E-state index contributed by atoms with van der Waals surface area (Å²) < 4.78 is 14.8. The first-order valence-corrected chi connectivity index (χ1v) is 7.37. The number of aromatic nitrogens is 2. The number of nitrogens with zero attached hydrogens (tertiary/aromatic N) is 2. The second-order valence-corrected chi connectivity index (χ2v) is 5.58. The van der Waals surface area contributed by atoms with Crippen molar-refractivity contribution in [3.8, 4) is 0 Å². The zero-order valence-electron chi connectivity index (χ0n) is 12.4. The highest BCUT2D eigenvalue weighted by atomic mass is 19.1. The highest BCUT2D eigenvalue weighted by molar-refractivity contribution is 5.76. The van der Waals surface area contributed by atoms with Crippen LogP contribution in [0.5, 0.6) is 0 Å². The Bertz CT molecular complexity index is 839. The number of aromatic amines is 1. The maximum Gasteiger partial charge on any atom is 0.265 e. The van der Waals surface area contributed by atoms with E-state index in [4.69, 9.17) is 0 Å². The lowest BCUT2D eigenvalue weighted by molar-refractivity contribution is -0.133. The standard InChI is InChI=1S/C16H16FN3O3/c17-13-4-2-1-3-11(13)9-19(12-5-6-12)16(23)10-20-15(22)8-7-14(21)18-20/h1-4,7-8,12H,5-6,9-10H2,(H,18,21). The average Bonchev–Trinajstić information content (AvgIpc) is 3.34. The number of hydrogen-bond donors (Lipinski definition) is 1. The molecule has 0 atom stereocenters. The van der Waals surface area contributed by atoms with Crippen LogP contribution in [0.15, 0.2) is 46.0 Å². The number of H-pyrrole nitrogens is 1. The van der Waals surface area contributed by atoms with Crippen molar-refractivity contribution in [3.05, 3.63) is 68.5 Å². The van der Waals surface area contributed by atoms with Gasteiger partial charge in [0.2, 0.25) is 5.91 Å². The predicted molar refractivity (Wildman–Crippen MR) is 81.3 cm³/mol. The van der Waals surface area contributed by atoms with Crippen LogP contribution in [0.4, 0.5) is 4.39 Å². The van der Waals surface area contributed by atoms with Gasteiger partial charge in [-0.15, -0.1) is 0 Å². The predicted octanol–water partition coefficient (Wildman–Crippen LogP) is 0.867. The van der Waals surface area contributed by atoms with Gasteiger partial charge in [0.05, 0.1) is 0 Å².